The van der Waals surface area contributed by atoms with Crippen molar-refractivity contribution in [1.29, 1.82) is 0 Å². The fraction of sp³-hybridized carbons (Fsp3) is 0.385. The van der Waals surface area contributed by atoms with Crippen LogP contribution < -0.4 is 5.32 Å². The summed E-state index contributed by atoms with van der Waals surface area (Å²) >= 11 is 0. The van der Waals surface area contributed by atoms with Crippen LogP contribution >= 0.6 is 0 Å². The quantitative estimate of drug-likeness (QED) is 0.748. The van der Waals surface area contributed by atoms with Gasteiger partial charge in [-0.25, -0.2) is 0 Å². The first-order valence-corrected chi connectivity index (χ1v) is 5.59. The van der Waals surface area contributed by atoms with E-state index in [-0.39, 0.29) is 24.5 Å². The number of hydrogen-bond donors (Lipinski definition) is 3. The number of aliphatic carboxylic acids is 1. The van der Waals surface area contributed by atoms with E-state index in [0.29, 0.717) is 5.69 Å². The maximum absolute atomic E-state index is 11.7. The van der Waals surface area contributed by atoms with E-state index in [1.54, 1.807) is 26.0 Å². The summed E-state index contributed by atoms with van der Waals surface area (Å²) in [4.78, 5) is 22.4. The number of nitrogens with one attached hydrogen (secondary N) is 1. The maximum atomic E-state index is 11.7. The fourth-order valence-corrected chi connectivity index (χ4v) is 1.70. The smallest absolute Gasteiger partial charge is 0.303 e. The molecule has 0 atom stereocenters. The van der Waals surface area contributed by atoms with Gasteiger partial charge in [0.15, 0.2) is 0 Å². The first-order valence-electron chi connectivity index (χ1n) is 5.59. The highest BCUT2D eigenvalue weighted by molar-refractivity contribution is 5.91. The van der Waals surface area contributed by atoms with Crippen LogP contribution in [0.4, 0.5) is 5.69 Å². The Morgan fingerprint density at radius 1 is 1.28 bits per heavy atom. The predicted molar refractivity (Wildman–Crippen MR) is 67.4 cm³/mol. The van der Waals surface area contributed by atoms with Crippen molar-refractivity contribution in [1.82, 2.24) is 0 Å². The van der Waals surface area contributed by atoms with Crippen LogP contribution in [0.1, 0.15) is 26.7 Å². The Hall–Kier alpha value is -2.04. The van der Waals surface area contributed by atoms with E-state index in [2.05, 4.69) is 5.32 Å². The highest BCUT2D eigenvalue weighted by atomic mass is 16.4. The summed E-state index contributed by atoms with van der Waals surface area (Å²) in [7, 11) is 0. The summed E-state index contributed by atoms with van der Waals surface area (Å²) in [6.07, 6.45) is 0.0371. The zero-order valence-corrected chi connectivity index (χ0v) is 10.4. The second-order valence-electron chi connectivity index (χ2n) is 5.01. The molecule has 0 bridgehead atoms. The number of carboxylic acids is 1. The number of hydrogen-bond acceptors (Lipinski definition) is 3. The molecule has 1 amide bonds. The molecule has 0 radical (unpaired) electrons. The van der Waals surface area contributed by atoms with E-state index in [1.807, 2.05) is 0 Å². The molecule has 5 nitrogen and oxygen atoms in total. The molecule has 0 aliphatic rings. The van der Waals surface area contributed by atoms with Gasteiger partial charge in [0.05, 0.1) is 6.42 Å². The van der Waals surface area contributed by atoms with Gasteiger partial charge in [-0.2, -0.15) is 0 Å². The van der Waals surface area contributed by atoms with Crippen LogP contribution in [0.25, 0.3) is 0 Å². The lowest BCUT2D eigenvalue weighted by Gasteiger charge is -2.21. The Bertz CT molecular complexity index is 454. The van der Waals surface area contributed by atoms with Gasteiger partial charge in [-0.3, -0.25) is 9.59 Å². The Kier molecular flexibility index (Phi) is 4.31. The van der Waals surface area contributed by atoms with Gasteiger partial charge in [-0.1, -0.05) is 19.9 Å². The molecular formula is C13H17NO4. The Morgan fingerprint density at radius 3 is 2.50 bits per heavy atom. The molecule has 1 aromatic carbocycles. The lowest BCUT2D eigenvalue weighted by molar-refractivity contribution is -0.139. The normalized spacial score (nSPS) is 11.0. The van der Waals surface area contributed by atoms with E-state index < -0.39 is 11.4 Å². The molecule has 98 valence electrons. The predicted octanol–water partition coefficient (Wildman–Crippen LogP) is 2.22. The first kappa shape index (κ1) is 14.0. The molecule has 0 spiro atoms. The van der Waals surface area contributed by atoms with Gasteiger partial charge in [0, 0.05) is 18.2 Å². The summed E-state index contributed by atoms with van der Waals surface area (Å²) in [6, 6.07) is 6.21. The van der Waals surface area contributed by atoms with E-state index in [9.17, 15) is 14.7 Å². The molecule has 18 heavy (non-hydrogen) atoms. The molecule has 3 N–H and O–H groups in total. The van der Waals surface area contributed by atoms with Gasteiger partial charge >= 0.3 is 5.97 Å². The van der Waals surface area contributed by atoms with Crippen LogP contribution in [0.5, 0.6) is 5.75 Å². The van der Waals surface area contributed by atoms with Gasteiger partial charge in [0.25, 0.3) is 0 Å². The van der Waals surface area contributed by atoms with E-state index >= 15 is 0 Å². The zero-order chi connectivity index (χ0) is 13.8. The van der Waals surface area contributed by atoms with Crippen molar-refractivity contribution >= 4 is 17.6 Å². The third kappa shape index (κ3) is 4.86. The largest absolute Gasteiger partial charge is 0.508 e. The Balaban J connectivity index is 2.59. The van der Waals surface area contributed by atoms with E-state index in [1.165, 1.54) is 12.1 Å². The molecule has 0 aliphatic heterocycles. The summed E-state index contributed by atoms with van der Waals surface area (Å²) < 4.78 is 0. The molecule has 0 saturated carbocycles. The molecule has 0 fully saturated rings. The van der Waals surface area contributed by atoms with Gasteiger partial charge in [0.2, 0.25) is 5.91 Å². The molecule has 0 heterocycles. The van der Waals surface area contributed by atoms with Crippen molar-refractivity contribution in [2.45, 2.75) is 26.7 Å². The number of phenolic OH excluding ortho intramolecular Hbond substituents is 1. The third-order valence-corrected chi connectivity index (χ3v) is 2.40. The third-order valence-electron chi connectivity index (χ3n) is 2.40. The van der Waals surface area contributed by atoms with E-state index in [0.717, 1.165) is 0 Å². The molecule has 5 heteroatoms. The minimum absolute atomic E-state index is 0.0672. The molecule has 0 aliphatic carbocycles. The SMILES string of the molecule is CC(C)(CC(=O)O)CC(=O)Nc1cccc(O)c1. The van der Waals surface area contributed by atoms with Gasteiger partial charge < -0.3 is 15.5 Å². The topological polar surface area (TPSA) is 86.6 Å². The van der Waals surface area contributed by atoms with Crippen molar-refractivity contribution in [2.24, 2.45) is 5.41 Å². The van der Waals surface area contributed by atoms with Crippen LogP contribution in [0.15, 0.2) is 24.3 Å². The highest BCUT2D eigenvalue weighted by Gasteiger charge is 2.25. The minimum Gasteiger partial charge on any atom is -0.508 e. The summed E-state index contributed by atoms with van der Waals surface area (Å²) in [6.45, 7) is 3.45. The summed E-state index contributed by atoms with van der Waals surface area (Å²) in [5, 5.41) is 20.6. The molecule has 0 unspecified atom stereocenters. The summed E-state index contributed by atoms with van der Waals surface area (Å²) in [5.74, 6) is -1.13. The number of carboxylic acid groups (broad SMARTS) is 1. The van der Waals surface area contributed by atoms with Crippen molar-refractivity contribution in [3.8, 4) is 5.75 Å². The molecular weight excluding hydrogens is 234 g/mol. The van der Waals surface area contributed by atoms with Crippen LogP contribution in [0.2, 0.25) is 0 Å². The number of rotatable bonds is 5. The first-order chi connectivity index (χ1) is 8.28. The Labute approximate surface area is 105 Å². The van der Waals surface area contributed by atoms with Crippen LogP contribution in [-0.2, 0) is 9.59 Å². The molecule has 0 aromatic heterocycles. The van der Waals surface area contributed by atoms with E-state index in [4.69, 9.17) is 5.11 Å². The second-order valence-corrected chi connectivity index (χ2v) is 5.01. The van der Waals surface area contributed by atoms with Crippen molar-refractivity contribution in [2.75, 3.05) is 5.32 Å². The summed E-state index contributed by atoms with van der Waals surface area (Å²) in [5.41, 5.74) is -0.113. The van der Waals surface area contributed by atoms with Crippen molar-refractivity contribution in [3.63, 3.8) is 0 Å². The van der Waals surface area contributed by atoms with Crippen molar-refractivity contribution in [3.05, 3.63) is 24.3 Å². The van der Waals surface area contributed by atoms with Crippen LogP contribution in [0, 0.1) is 5.41 Å². The standard InChI is InChI=1S/C13H17NO4/c1-13(2,8-12(17)18)7-11(16)14-9-4-3-5-10(15)6-9/h3-6,15H,7-8H2,1-2H3,(H,14,16)(H,17,18). The van der Waals surface area contributed by atoms with Crippen LogP contribution in [0.3, 0.4) is 0 Å². The highest BCUT2D eigenvalue weighted by Crippen LogP contribution is 2.26. The molecule has 1 aromatic rings. The maximum Gasteiger partial charge on any atom is 0.303 e. The number of carbonyl (C=O) groups is 2. The number of benzene rings is 1. The second kappa shape index (κ2) is 5.53. The number of anilines is 1. The van der Waals surface area contributed by atoms with Gasteiger partial charge in [-0.15, -0.1) is 0 Å². The van der Waals surface area contributed by atoms with Gasteiger partial charge in [0.1, 0.15) is 5.75 Å². The lowest BCUT2D eigenvalue weighted by atomic mass is 9.85. The number of phenols is 1. The van der Waals surface area contributed by atoms with Crippen molar-refractivity contribution < 1.29 is 19.8 Å². The zero-order valence-electron chi connectivity index (χ0n) is 10.4. The van der Waals surface area contributed by atoms with Crippen LogP contribution in [-0.4, -0.2) is 22.1 Å². The number of carbonyl (C=O) groups excluding carboxylic acids is 1. The average molecular weight is 251 g/mol. The number of amides is 1. The fourth-order valence-electron chi connectivity index (χ4n) is 1.70. The molecule has 1 rings (SSSR count). The number of aromatic hydroxyl groups is 1. The molecule has 0 saturated heterocycles. The van der Waals surface area contributed by atoms with Gasteiger partial charge in [-0.05, 0) is 17.5 Å². The lowest BCUT2D eigenvalue weighted by Crippen LogP contribution is -2.24. The monoisotopic (exact) mass is 251 g/mol. The minimum atomic E-state index is -0.926. The average Bonchev–Trinajstić information content (AvgIpc) is 2.13. The Morgan fingerprint density at radius 2 is 1.94 bits per heavy atom.